The molecule has 0 saturated carbocycles. The van der Waals surface area contributed by atoms with E-state index in [1.54, 1.807) is 19.5 Å². The highest BCUT2D eigenvalue weighted by molar-refractivity contribution is 6.31. The van der Waals surface area contributed by atoms with E-state index >= 15 is 0 Å². The molecule has 1 aromatic heterocycles. The number of aromatic nitrogens is 2. The third-order valence-corrected chi connectivity index (χ3v) is 3.07. The Hall–Kier alpha value is -1.61. The highest BCUT2D eigenvalue weighted by Crippen LogP contribution is 2.35. The Morgan fingerprint density at radius 2 is 1.82 bits per heavy atom. The lowest BCUT2D eigenvalue weighted by Gasteiger charge is -2.13. The summed E-state index contributed by atoms with van der Waals surface area (Å²) in [7, 11) is 1.65. The van der Waals surface area contributed by atoms with Crippen molar-refractivity contribution in [3.05, 3.63) is 40.8 Å². The molecule has 0 radical (unpaired) electrons. The first kappa shape index (κ1) is 11.9. The van der Waals surface area contributed by atoms with Crippen LogP contribution < -0.4 is 4.74 Å². The molecule has 3 nitrogen and oxygen atoms in total. The topological polar surface area (TPSA) is 35.0 Å². The smallest absolute Gasteiger partial charge is 0.155 e. The molecule has 0 fully saturated rings. The average molecular weight is 249 g/mol. The number of hydrogen-bond acceptors (Lipinski definition) is 3. The van der Waals surface area contributed by atoms with Crippen molar-refractivity contribution in [1.29, 1.82) is 0 Å². The van der Waals surface area contributed by atoms with Gasteiger partial charge < -0.3 is 4.74 Å². The number of aryl methyl sites for hydroxylation is 1. The van der Waals surface area contributed by atoms with Crippen LogP contribution in [0, 0.1) is 13.8 Å². The van der Waals surface area contributed by atoms with Crippen LogP contribution in [0.25, 0.3) is 11.3 Å². The predicted octanol–water partition coefficient (Wildman–Crippen LogP) is 3.42. The van der Waals surface area contributed by atoms with Gasteiger partial charge in [-0.15, -0.1) is 0 Å². The van der Waals surface area contributed by atoms with Crippen LogP contribution in [0.5, 0.6) is 5.75 Å². The van der Waals surface area contributed by atoms with Crippen LogP contribution in [-0.4, -0.2) is 17.1 Å². The molecular formula is C13H13ClN2O. The molecule has 0 amide bonds. The van der Waals surface area contributed by atoms with E-state index in [0.29, 0.717) is 10.8 Å². The molecule has 0 N–H and O–H groups in total. The summed E-state index contributed by atoms with van der Waals surface area (Å²) in [5.74, 6) is 0.799. The van der Waals surface area contributed by atoms with Gasteiger partial charge in [-0.2, -0.15) is 0 Å². The van der Waals surface area contributed by atoms with E-state index in [9.17, 15) is 0 Å². The first-order valence-corrected chi connectivity index (χ1v) is 5.64. The molecule has 0 unspecified atom stereocenters. The zero-order chi connectivity index (χ0) is 12.4. The lowest BCUT2D eigenvalue weighted by Crippen LogP contribution is -1.96. The molecule has 2 aromatic rings. The van der Waals surface area contributed by atoms with Crippen molar-refractivity contribution in [2.75, 3.05) is 7.11 Å². The first-order chi connectivity index (χ1) is 8.15. The normalized spacial score (nSPS) is 10.4. The van der Waals surface area contributed by atoms with Crippen molar-refractivity contribution in [2.24, 2.45) is 0 Å². The van der Waals surface area contributed by atoms with E-state index in [1.165, 1.54) is 5.56 Å². The number of halogens is 1. The summed E-state index contributed by atoms with van der Waals surface area (Å²) in [6.45, 7) is 4.06. The molecule has 1 aromatic carbocycles. The first-order valence-electron chi connectivity index (χ1n) is 5.26. The molecule has 0 aliphatic heterocycles. The number of rotatable bonds is 2. The van der Waals surface area contributed by atoms with E-state index in [1.807, 2.05) is 26.0 Å². The molecule has 4 heteroatoms. The van der Waals surface area contributed by atoms with Crippen molar-refractivity contribution in [1.82, 2.24) is 9.97 Å². The Morgan fingerprint density at radius 1 is 1.12 bits per heavy atom. The van der Waals surface area contributed by atoms with Gasteiger partial charge in [-0.05, 0) is 31.0 Å². The lowest BCUT2D eigenvalue weighted by atomic mass is 10.0. The summed E-state index contributed by atoms with van der Waals surface area (Å²) in [6.07, 6.45) is 3.19. The third kappa shape index (κ3) is 2.11. The van der Waals surface area contributed by atoms with Crippen LogP contribution in [0.15, 0.2) is 24.5 Å². The molecule has 0 spiro atoms. The predicted molar refractivity (Wildman–Crippen MR) is 68.5 cm³/mol. The van der Waals surface area contributed by atoms with Crippen LogP contribution in [0.4, 0.5) is 0 Å². The zero-order valence-electron chi connectivity index (χ0n) is 9.99. The van der Waals surface area contributed by atoms with E-state index < -0.39 is 0 Å². The Labute approximate surface area is 105 Å². The van der Waals surface area contributed by atoms with E-state index in [4.69, 9.17) is 16.3 Å². The van der Waals surface area contributed by atoms with Gasteiger partial charge in [0.1, 0.15) is 11.4 Å². The molecule has 17 heavy (non-hydrogen) atoms. The molecule has 0 bridgehead atoms. The fourth-order valence-electron chi connectivity index (χ4n) is 1.74. The van der Waals surface area contributed by atoms with Crippen LogP contribution in [-0.2, 0) is 0 Å². The second-order valence-electron chi connectivity index (χ2n) is 3.78. The van der Waals surface area contributed by atoms with E-state index in [0.717, 1.165) is 16.9 Å². The van der Waals surface area contributed by atoms with Gasteiger partial charge in [-0.1, -0.05) is 17.7 Å². The number of methoxy groups -OCH3 is 1. The van der Waals surface area contributed by atoms with Gasteiger partial charge in [-0.3, -0.25) is 4.98 Å². The van der Waals surface area contributed by atoms with Gasteiger partial charge in [0.25, 0.3) is 0 Å². The van der Waals surface area contributed by atoms with Crippen LogP contribution in [0.3, 0.4) is 0 Å². The molecule has 0 saturated heterocycles. The molecule has 1 heterocycles. The number of ether oxygens (including phenoxy) is 1. The zero-order valence-corrected chi connectivity index (χ0v) is 10.7. The second-order valence-corrected chi connectivity index (χ2v) is 4.14. The summed E-state index contributed by atoms with van der Waals surface area (Å²) >= 11 is 6.05. The van der Waals surface area contributed by atoms with Crippen molar-refractivity contribution < 1.29 is 4.74 Å². The van der Waals surface area contributed by atoms with Crippen molar-refractivity contribution >= 4 is 11.6 Å². The number of hydrogen-bond donors (Lipinski definition) is 0. The fourth-order valence-corrected chi connectivity index (χ4v) is 1.95. The standard InChI is InChI=1S/C13H13ClN2O/c1-8-4-5-10(12(17-3)9(8)2)11-13(14)16-7-6-15-11/h4-7H,1-3H3. The van der Waals surface area contributed by atoms with E-state index in [-0.39, 0.29) is 0 Å². The summed E-state index contributed by atoms with van der Waals surface area (Å²) in [5.41, 5.74) is 3.78. The minimum absolute atomic E-state index is 0.383. The molecule has 0 aliphatic rings. The Bertz CT molecular complexity index is 555. The largest absolute Gasteiger partial charge is 0.496 e. The molecule has 88 valence electrons. The van der Waals surface area contributed by atoms with E-state index in [2.05, 4.69) is 9.97 Å². The van der Waals surface area contributed by atoms with Crippen LogP contribution in [0.2, 0.25) is 5.15 Å². The summed E-state index contributed by atoms with van der Waals surface area (Å²) < 4.78 is 5.44. The van der Waals surface area contributed by atoms with Gasteiger partial charge in [0.05, 0.1) is 7.11 Å². The van der Waals surface area contributed by atoms with Crippen molar-refractivity contribution in [2.45, 2.75) is 13.8 Å². The van der Waals surface area contributed by atoms with Gasteiger partial charge in [0.15, 0.2) is 5.15 Å². The van der Waals surface area contributed by atoms with Gasteiger partial charge in [0.2, 0.25) is 0 Å². The molecule has 2 rings (SSSR count). The van der Waals surface area contributed by atoms with Gasteiger partial charge in [0, 0.05) is 18.0 Å². The SMILES string of the molecule is COc1c(-c2nccnc2Cl)ccc(C)c1C. The van der Waals surface area contributed by atoms with Crippen molar-refractivity contribution in [3.63, 3.8) is 0 Å². The van der Waals surface area contributed by atoms with Gasteiger partial charge >= 0.3 is 0 Å². The maximum Gasteiger partial charge on any atom is 0.155 e. The number of nitrogens with zero attached hydrogens (tertiary/aromatic N) is 2. The lowest BCUT2D eigenvalue weighted by molar-refractivity contribution is 0.413. The summed E-state index contributed by atoms with van der Waals surface area (Å²) in [4.78, 5) is 8.28. The Balaban J connectivity index is 2.68. The monoisotopic (exact) mass is 248 g/mol. The van der Waals surface area contributed by atoms with Crippen LogP contribution >= 0.6 is 11.6 Å². The molecular weight excluding hydrogens is 236 g/mol. The maximum absolute atomic E-state index is 6.05. The minimum atomic E-state index is 0.383. The third-order valence-electron chi connectivity index (χ3n) is 2.79. The maximum atomic E-state index is 6.05. The second kappa shape index (κ2) is 4.72. The summed E-state index contributed by atoms with van der Waals surface area (Å²) in [5, 5.41) is 0.383. The average Bonchev–Trinajstić information content (AvgIpc) is 2.33. The van der Waals surface area contributed by atoms with Crippen molar-refractivity contribution in [3.8, 4) is 17.0 Å². The number of benzene rings is 1. The molecule has 0 aliphatic carbocycles. The minimum Gasteiger partial charge on any atom is -0.496 e. The Morgan fingerprint density at radius 3 is 2.47 bits per heavy atom. The Kier molecular flexibility index (Phi) is 3.29. The highest BCUT2D eigenvalue weighted by atomic mass is 35.5. The summed E-state index contributed by atoms with van der Waals surface area (Å²) in [6, 6.07) is 3.98. The highest BCUT2D eigenvalue weighted by Gasteiger charge is 2.14. The van der Waals surface area contributed by atoms with Gasteiger partial charge in [-0.25, -0.2) is 4.98 Å². The van der Waals surface area contributed by atoms with Crippen LogP contribution in [0.1, 0.15) is 11.1 Å². The fraction of sp³-hybridized carbons (Fsp3) is 0.231. The molecule has 0 atom stereocenters. The quantitative estimate of drug-likeness (QED) is 0.817.